The highest BCUT2D eigenvalue weighted by molar-refractivity contribution is 7.89. The molecule has 0 atom stereocenters. The second kappa shape index (κ2) is 10.5. The van der Waals surface area contributed by atoms with Gasteiger partial charge < -0.3 is 13.9 Å². The molecule has 11 heteroatoms. The fourth-order valence-corrected chi connectivity index (χ4v) is 4.28. The van der Waals surface area contributed by atoms with E-state index >= 15 is 0 Å². The molecule has 1 amide bonds. The van der Waals surface area contributed by atoms with Gasteiger partial charge in [-0.05, 0) is 42.8 Å². The van der Waals surface area contributed by atoms with E-state index in [1.165, 1.54) is 49.8 Å². The number of methoxy groups -OCH3 is 2. The van der Waals surface area contributed by atoms with Gasteiger partial charge in [-0.1, -0.05) is 24.5 Å². The van der Waals surface area contributed by atoms with Gasteiger partial charge >= 0.3 is 6.01 Å². The quantitative estimate of drug-likeness (QED) is 0.474. The van der Waals surface area contributed by atoms with E-state index in [1.54, 1.807) is 18.2 Å². The second-order valence-corrected chi connectivity index (χ2v) is 9.16. The number of carbonyl (C=O) groups is 1. The summed E-state index contributed by atoms with van der Waals surface area (Å²) < 4.78 is 42.7. The predicted molar refractivity (Wildman–Crippen MR) is 122 cm³/mol. The fraction of sp³-hybridized carbons (Fsp3) is 0.318. The molecule has 3 rings (SSSR count). The molecule has 0 bridgehead atoms. The maximum atomic E-state index is 12.6. The van der Waals surface area contributed by atoms with E-state index in [0.717, 1.165) is 12.8 Å². The number of hydrogen-bond acceptors (Lipinski definition) is 8. The van der Waals surface area contributed by atoms with Crippen LogP contribution in [0.4, 0.5) is 6.01 Å². The van der Waals surface area contributed by atoms with Gasteiger partial charge in [-0.2, -0.15) is 0 Å². The summed E-state index contributed by atoms with van der Waals surface area (Å²) in [5.74, 6) is 0.528. The van der Waals surface area contributed by atoms with Crippen molar-refractivity contribution in [3.05, 3.63) is 48.0 Å². The molecular weight excluding hydrogens is 448 g/mol. The summed E-state index contributed by atoms with van der Waals surface area (Å²) >= 11 is 0. The SMILES string of the molecule is CCCCN(C)S(=O)(=O)c1ccc(C(=O)Nc2nnc(-c3cccc(OC)c3OC)o2)cc1. The highest BCUT2D eigenvalue weighted by Gasteiger charge is 2.21. The third kappa shape index (κ3) is 5.32. The Morgan fingerprint density at radius 2 is 1.82 bits per heavy atom. The van der Waals surface area contributed by atoms with E-state index in [-0.39, 0.29) is 22.4 Å². The normalized spacial score (nSPS) is 11.4. The average Bonchev–Trinajstić information content (AvgIpc) is 3.29. The molecule has 0 fully saturated rings. The Morgan fingerprint density at radius 3 is 2.45 bits per heavy atom. The van der Waals surface area contributed by atoms with Crippen molar-refractivity contribution in [1.29, 1.82) is 0 Å². The zero-order chi connectivity index (χ0) is 24.0. The van der Waals surface area contributed by atoms with Crippen LogP contribution in [0.15, 0.2) is 51.8 Å². The van der Waals surface area contributed by atoms with Crippen LogP contribution < -0.4 is 14.8 Å². The largest absolute Gasteiger partial charge is 0.493 e. The summed E-state index contributed by atoms with van der Waals surface area (Å²) in [6.07, 6.45) is 1.66. The molecule has 0 aliphatic rings. The average molecular weight is 475 g/mol. The molecule has 2 aromatic carbocycles. The van der Waals surface area contributed by atoms with Crippen LogP contribution in [0.5, 0.6) is 11.5 Å². The summed E-state index contributed by atoms with van der Waals surface area (Å²) in [7, 11) is 0.931. The van der Waals surface area contributed by atoms with E-state index < -0.39 is 15.9 Å². The number of sulfonamides is 1. The summed E-state index contributed by atoms with van der Waals surface area (Å²) in [6.45, 7) is 2.42. The van der Waals surface area contributed by atoms with Crippen molar-refractivity contribution in [3.63, 3.8) is 0 Å². The van der Waals surface area contributed by atoms with Crippen LogP contribution in [0.1, 0.15) is 30.1 Å². The van der Waals surface area contributed by atoms with E-state index in [1.807, 2.05) is 6.92 Å². The summed E-state index contributed by atoms with van der Waals surface area (Å²) in [4.78, 5) is 12.7. The van der Waals surface area contributed by atoms with Crippen LogP contribution in [0.2, 0.25) is 0 Å². The first-order valence-electron chi connectivity index (χ1n) is 10.2. The number of benzene rings is 2. The lowest BCUT2D eigenvalue weighted by Crippen LogP contribution is -2.28. The first kappa shape index (κ1) is 24.2. The minimum Gasteiger partial charge on any atom is -0.493 e. The van der Waals surface area contributed by atoms with Crippen molar-refractivity contribution in [1.82, 2.24) is 14.5 Å². The third-order valence-corrected chi connectivity index (χ3v) is 6.80. The molecule has 0 aliphatic carbocycles. The van der Waals surface area contributed by atoms with Gasteiger partial charge in [0.2, 0.25) is 10.0 Å². The zero-order valence-electron chi connectivity index (χ0n) is 18.9. The topological polar surface area (TPSA) is 124 Å². The van der Waals surface area contributed by atoms with Crippen LogP contribution in [0.25, 0.3) is 11.5 Å². The third-order valence-electron chi connectivity index (χ3n) is 4.93. The summed E-state index contributed by atoms with van der Waals surface area (Å²) in [6, 6.07) is 10.7. The molecule has 1 aromatic heterocycles. The van der Waals surface area contributed by atoms with Gasteiger partial charge in [0.25, 0.3) is 11.8 Å². The Hall–Kier alpha value is -3.44. The molecule has 0 aliphatic heterocycles. The summed E-state index contributed by atoms with van der Waals surface area (Å²) in [5.41, 5.74) is 0.746. The first-order chi connectivity index (χ1) is 15.8. The van der Waals surface area contributed by atoms with E-state index in [0.29, 0.717) is 23.6 Å². The Morgan fingerprint density at radius 1 is 1.09 bits per heavy atom. The smallest absolute Gasteiger partial charge is 0.322 e. The standard InChI is InChI=1S/C22H26N4O6S/c1-5-6-14-26(2)33(28,29)16-12-10-15(11-13-16)20(27)23-22-25-24-21(32-22)17-8-7-9-18(30-3)19(17)31-4/h7-13H,5-6,14H2,1-4H3,(H,23,25,27). The van der Waals surface area contributed by atoms with Gasteiger partial charge in [-0.3, -0.25) is 10.1 Å². The molecule has 0 spiro atoms. The number of amides is 1. The highest BCUT2D eigenvalue weighted by Crippen LogP contribution is 2.37. The van der Waals surface area contributed by atoms with Gasteiger partial charge in [0.15, 0.2) is 11.5 Å². The Labute approximate surface area is 192 Å². The van der Waals surface area contributed by atoms with Crippen LogP contribution >= 0.6 is 0 Å². The van der Waals surface area contributed by atoms with Crippen molar-refractivity contribution in [3.8, 4) is 23.0 Å². The Bertz CT molecular complexity index is 1210. The van der Waals surface area contributed by atoms with Gasteiger partial charge in [0, 0.05) is 19.2 Å². The molecule has 3 aromatic rings. The molecule has 176 valence electrons. The van der Waals surface area contributed by atoms with E-state index in [4.69, 9.17) is 13.9 Å². The van der Waals surface area contributed by atoms with Gasteiger partial charge in [-0.25, -0.2) is 12.7 Å². The van der Waals surface area contributed by atoms with Crippen LogP contribution in [0.3, 0.4) is 0 Å². The lowest BCUT2D eigenvalue weighted by molar-refractivity contribution is 0.102. The van der Waals surface area contributed by atoms with Crippen molar-refractivity contribution in [2.75, 3.05) is 33.1 Å². The number of para-hydroxylation sites is 1. The van der Waals surface area contributed by atoms with Gasteiger partial charge in [0.1, 0.15) is 0 Å². The van der Waals surface area contributed by atoms with Crippen molar-refractivity contribution in [2.45, 2.75) is 24.7 Å². The molecule has 0 unspecified atom stereocenters. The Kier molecular flexibility index (Phi) is 7.67. The molecule has 0 saturated carbocycles. The van der Waals surface area contributed by atoms with Crippen molar-refractivity contribution < 1.29 is 27.1 Å². The van der Waals surface area contributed by atoms with Crippen molar-refractivity contribution >= 4 is 21.9 Å². The second-order valence-electron chi connectivity index (χ2n) is 7.11. The minimum absolute atomic E-state index is 0.114. The monoisotopic (exact) mass is 474 g/mol. The van der Waals surface area contributed by atoms with Gasteiger partial charge in [0.05, 0.1) is 24.7 Å². The maximum Gasteiger partial charge on any atom is 0.322 e. The fourth-order valence-electron chi connectivity index (χ4n) is 3.07. The number of nitrogens with one attached hydrogen (secondary N) is 1. The minimum atomic E-state index is -3.61. The van der Waals surface area contributed by atoms with Gasteiger partial charge in [-0.15, -0.1) is 5.10 Å². The molecule has 1 N–H and O–H groups in total. The maximum absolute atomic E-state index is 12.6. The number of carbonyl (C=O) groups excluding carboxylic acids is 1. The highest BCUT2D eigenvalue weighted by atomic mass is 32.2. The number of anilines is 1. The molecule has 10 nitrogen and oxygen atoms in total. The van der Waals surface area contributed by atoms with Crippen molar-refractivity contribution in [2.24, 2.45) is 0 Å². The van der Waals surface area contributed by atoms with Crippen LogP contribution in [0, 0.1) is 0 Å². The van der Waals surface area contributed by atoms with Crippen LogP contribution in [-0.4, -0.2) is 56.6 Å². The number of rotatable bonds is 10. The van der Waals surface area contributed by atoms with Crippen LogP contribution in [-0.2, 0) is 10.0 Å². The first-order valence-corrected chi connectivity index (χ1v) is 11.7. The molecular formula is C22H26N4O6S. The number of aromatic nitrogens is 2. The molecule has 0 radical (unpaired) electrons. The number of hydrogen-bond donors (Lipinski definition) is 1. The summed E-state index contributed by atoms with van der Waals surface area (Å²) in [5, 5.41) is 10.3. The predicted octanol–water partition coefficient (Wildman–Crippen LogP) is 3.43. The number of nitrogens with zero attached hydrogens (tertiary/aromatic N) is 3. The molecule has 0 saturated heterocycles. The lowest BCUT2D eigenvalue weighted by Gasteiger charge is -2.16. The van der Waals surface area contributed by atoms with E-state index in [9.17, 15) is 13.2 Å². The number of ether oxygens (including phenoxy) is 2. The molecule has 33 heavy (non-hydrogen) atoms. The molecule has 1 heterocycles. The number of unbranched alkanes of at least 4 members (excludes halogenated alkanes) is 1. The Balaban J connectivity index is 1.74. The van der Waals surface area contributed by atoms with E-state index in [2.05, 4.69) is 15.5 Å². The lowest BCUT2D eigenvalue weighted by atomic mass is 10.2. The zero-order valence-corrected chi connectivity index (χ0v) is 19.7.